The smallest absolute Gasteiger partial charge is 0.257 e. The highest BCUT2D eigenvalue weighted by Gasteiger charge is 2.13. The van der Waals surface area contributed by atoms with Crippen molar-refractivity contribution in [1.29, 1.82) is 0 Å². The number of ether oxygens (including phenoxy) is 2. The molecular weight excluding hydrogens is 522 g/mol. The van der Waals surface area contributed by atoms with Crippen molar-refractivity contribution in [3.05, 3.63) is 89.2 Å². The van der Waals surface area contributed by atoms with Crippen LogP contribution in [0.1, 0.15) is 57.8 Å². The molecule has 0 radical (unpaired) electrons. The molecule has 0 unspecified atom stereocenters. The number of benzene rings is 3. The molecule has 0 aliphatic carbocycles. The number of unbranched alkanes of at least 4 members (excludes halogenated alkanes) is 2. The first-order chi connectivity index (χ1) is 19.3. The van der Waals surface area contributed by atoms with Crippen molar-refractivity contribution in [2.45, 2.75) is 64.8 Å². The van der Waals surface area contributed by atoms with Gasteiger partial charge in [0.05, 0.1) is 17.6 Å². The van der Waals surface area contributed by atoms with Gasteiger partial charge >= 0.3 is 0 Å². The van der Waals surface area contributed by atoms with Crippen molar-refractivity contribution in [3.8, 4) is 11.5 Å². The average Bonchev–Trinajstić information content (AvgIpc) is 3.29. The second-order valence-electron chi connectivity index (χ2n) is 11.0. The fourth-order valence-corrected chi connectivity index (χ4v) is 4.70. The number of amides is 1. The Balaban J connectivity index is 1.18. The molecule has 3 aromatic carbocycles. The Morgan fingerprint density at radius 1 is 0.875 bits per heavy atom. The van der Waals surface area contributed by atoms with Gasteiger partial charge in [0.2, 0.25) is 0 Å². The summed E-state index contributed by atoms with van der Waals surface area (Å²) in [6.45, 7) is 8.80. The van der Waals surface area contributed by atoms with Gasteiger partial charge in [0.1, 0.15) is 17.3 Å². The number of hydrogen-bond acceptors (Lipinski definition) is 4. The van der Waals surface area contributed by atoms with Crippen LogP contribution in [0.4, 0.5) is 0 Å². The summed E-state index contributed by atoms with van der Waals surface area (Å²) in [5.41, 5.74) is 3.64. The van der Waals surface area contributed by atoms with Crippen molar-refractivity contribution >= 4 is 28.5 Å². The number of hydrogen-bond donors (Lipinski definition) is 1. The molecule has 1 heterocycles. The van der Waals surface area contributed by atoms with E-state index in [9.17, 15) is 4.79 Å². The van der Waals surface area contributed by atoms with Crippen LogP contribution in [0, 0.1) is 0 Å². The molecule has 0 spiro atoms. The maximum Gasteiger partial charge on any atom is 0.257 e. The van der Waals surface area contributed by atoms with Crippen LogP contribution >= 0.6 is 11.6 Å². The first-order valence-electron chi connectivity index (χ1n) is 14.1. The van der Waals surface area contributed by atoms with Gasteiger partial charge in [0.15, 0.2) is 6.61 Å². The molecule has 0 aliphatic rings. The largest absolute Gasteiger partial charge is 0.494 e. The van der Waals surface area contributed by atoms with Gasteiger partial charge in [-0.2, -0.15) is 0 Å². The number of fused-ring (bicyclic) bond motifs is 1. The van der Waals surface area contributed by atoms with E-state index in [0.29, 0.717) is 23.9 Å². The summed E-state index contributed by atoms with van der Waals surface area (Å²) < 4.78 is 13.9. The number of halogens is 1. The summed E-state index contributed by atoms with van der Waals surface area (Å²) in [6, 6.07) is 23.7. The molecule has 1 N–H and O–H groups in total. The van der Waals surface area contributed by atoms with E-state index in [1.165, 1.54) is 11.1 Å². The third-order valence-electron chi connectivity index (χ3n) is 6.83. The lowest BCUT2D eigenvalue weighted by molar-refractivity contribution is -0.123. The first kappa shape index (κ1) is 29.5. The monoisotopic (exact) mass is 561 g/mol. The molecule has 0 aliphatic heterocycles. The third-order valence-corrected chi connectivity index (χ3v) is 7.08. The standard InChI is InChI=1S/C33H40ClN3O3/c1-33(2,3)25-13-17-27(18-14-25)39-23-9-22-37-30-11-7-6-10-29(30)36-31(37)12-5-4-8-21-35-32(38)24-40-28-19-15-26(34)16-20-28/h6-7,10-11,13-20H,4-5,8-9,12,21-24H2,1-3H3,(H,35,38). The minimum Gasteiger partial charge on any atom is -0.494 e. The molecule has 0 fully saturated rings. The summed E-state index contributed by atoms with van der Waals surface area (Å²) >= 11 is 5.87. The molecule has 212 valence electrons. The number of rotatable bonds is 14. The van der Waals surface area contributed by atoms with Crippen LogP contribution in [0.15, 0.2) is 72.8 Å². The van der Waals surface area contributed by atoms with Crippen molar-refractivity contribution in [1.82, 2.24) is 14.9 Å². The van der Waals surface area contributed by atoms with E-state index >= 15 is 0 Å². The Hall–Kier alpha value is -3.51. The molecule has 4 rings (SSSR count). The van der Waals surface area contributed by atoms with Crippen molar-refractivity contribution in [2.24, 2.45) is 0 Å². The van der Waals surface area contributed by atoms with Gasteiger partial charge in [-0.15, -0.1) is 0 Å². The molecular formula is C33H40ClN3O3. The minimum absolute atomic E-state index is 0.00238. The molecule has 1 amide bonds. The van der Waals surface area contributed by atoms with Crippen LogP contribution in [0.5, 0.6) is 11.5 Å². The lowest BCUT2D eigenvalue weighted by Crippen LogP contribution is -2.29. The molecule has 0 atom stereocenters. The van der Waals surface area contributed by atoms with Crippen molar-refractivity contribution in [3.63, 3.8) is 0 Å². The number of carbonyl (C=O) groups is 1. The predicted octanol–water partition coefficient (Wildman–Crippen LogP) is 7.36. The Kier molecular flexibility index (Phi) is 10.5. The zero-order valence-electron chi connectivity index (χ0n) is 23.8. The molecule has 0 bridgehead atoms. The normalized spacial score (nSPS) is 11.5. The summed E-state index contributed by atoms with van der Waals surface area (Å²) in [6.07, 6.45) is 4.73. The quantitative estimate of drug-likeness (QED) is 0.163. The molecule has 6 nitrogen and oxygen atoms in total. The third kappa shape index (κ3) is 8.75. The van der Waals surface area contributed by atoms with Gasteiger partial charge in [0, 0.05) is 24.5 Å². The van der Waals surface area contributed by atoms with Gasteiger partial charge in [-0.05, 0) is 78.8 Å². The first-order valence-corrected chi connectivity index (χ1v) is 14.5. The van der Waals surface area contributed by atoms with Crippen LogP contribution in [-0.4, -0.2) is 35.2 Å². The number of aromatic nitrogens is 2. The minimum atomic E-state index is -0.121. The average molecular weight is 562 g/mol. The zero-order valence-corrected chi connectivity index (χ0v) is 24.5. The molecule has 7 heteroatoms. The second kappa shape index (κ2) is 14.2. The Morgan fingerprint density at radius 3 is 2.33 bits per heavy atom. The second-order valence-corrected chi connectivity index (χ2v) is 11.5. The SMILES string of the molecule is CC(C)(C)c1ccc(OCCCn2c(CCCCCNC(=O)COc3ccc(Cl)cc3)nc3ccccc32)cc1. The fourth-order valence-electron chi connectivity index (χ4n) is 4.57. The van der Waals surface area contributed by atoms with Crippen LogP contribution in [-0.2, 0) is 23.2 Å². The zero-order chi connectivity index (χ0) is 28.4. The number of nitrogens with zero attached hydrogens (tertiary/aromatic N) is 2. The van der Waals surface area contributed by atoms with Crippen LogP contribution in [0.2, 0.25) is 5.02 Å². The van der Waals surface area contributed by atoms with Gasteiger partial charge in [-0.3, -0.25) is 4.79 Å². The Bertz CT molecular complexity index is 1360. The molecule has 0 saturated heterocycles. The molecule has 4 aromatic rings. The fraction of sp³-hybridized carbons (Fsp3) is 0.394. The number of imidazole rings is 1. The maximum absolute atomic E-state index is 12.1. The highest BCUT2D eigenvalue weighted by Crippen LogP contribution is 2.24. The number of aryl methyl sites for hydroxylation is 2. The van der Waals surface area contributed by atoms with Gasteiger partial charge in [0.25, 0.3) is 5.91 Å². The van der Waals surface area contributed by atoms with Gasteiger partial charge < -0.3 is 19.4 Å². The van der Waals surface area contributed by atoms with Gasteiger partial charge in [-0.25, -0.2) is 4.98 Å². The molecule has 1 aromatic heterocycles. The molecule has 40 heavy (non-hydrogen) atoms. The number of carbonyl (C=O) groups excluding carboxylic acids is 1. The van der Waals surface area contributed by atoms with Gasteiger partial charge in [-0.1, -0.05) is 63.1 Å². The van der Waals surface area contributed by atoms with E-state index in [1.54, 1.807) is 24.3 Å². The van der Waals surface area contributed by atoms with E-state index in [0.717, 1.165) is 55.7 Å². The molecule has 0 saturated carbocycles. The van der Waals surface area contributed by atoms with Crippen molar-refractivity contribution < 1.29 is 14.3 Å². The highest BCUT2D eigenvalue weighted by atomic mass is 35.5. The Morgan fingerprint density at radius 2 is 1.57 bits per heavy atom. The topological polar surface area (TPSA) is 65.4 Å². The summed E-state index contributed by atoms with van der Waals surface area (Å²) in [5, 5.41) is 3.57. The summed E-state index contributed by atoms with van der Waals surface area (Å²) in [4.78, 5) is 17.0. The highest BCUT2D eigenvalue weighted by molar-refractivity contribution is 6.30. The summed E-state index contributed by atoms with van der Waals surface area (Å²) in [7, 11) is 0. The summed E-state index contributed by atoms with van der Waals surface area (Å²) in [5.74, 6) is 2.52. The lowest BCUT2D eigenvalue weighted by Gasteiger charge is -2.19. The van der Waals surface area contributed by atoms with E-state index < -0.39 is 0 Å². The van der Waals surface area contributed by atoms with E-state index in [2.05, 4.69) is 73.1 Å². The van der Waals surface area contributed by atoms with E-state index in [-0.39, 0.29) is 17.9 Å². The van der Waals surface area contributed by atoms with Crippen LogP contribution < -0.4 is 14.8 Å². The predicted molar refractivity (Wildman–Crippen MR) is 162 cm³/mol. The number of nitrogens with one attached hydrogen (secondary N) is 1. The Labute approximate surface area is 242 Å². The van der Waals surface area contributed by atoms with E-state index in [1.807, 2.05) is 6.07 Å². The van der Waals surface area contributed by atoms with Crippen LogP contribution in [0.3, 0.4) is 0 Å². The maximum atomic E-state index is 12.1. The van der Waals surface area contributed by atoms with E-state index in [4.69, 9.17) is 26.1 Å². The van der Waals surface area contributed by atoms with Crippen molar-refractivity contribution in [2.75, 3.05) is 19.8 Å². The lowest BCUT2D eigenvalue weighted by atomic mass is 9.87. The van der Waals surface area contributed by atoms with Crippen LogP contribution in [0.25, 0.3) is 11.0 Å². The number of para-hydroxylation sites is 2.